The molecule has 0 atom stereocenters. The van der Waals surface area contributed by atoms with Crippen molar-refractivity contribution in [2.75, 3.05) is 25.0 Å². The van der Waals surface area contributed by atoms with Crippen LogP contribution in [0.15, 0.2) is 34.3 Å². The molecule has 3 N–H and O–H groups in total. The van der Waals surface area contributed by atoms with Crippen molar-refractivity contribution in [3.05, 3.63) is 30.1 Å². The number of carbonyl (C=O) groups is 1. The third kappa shape index (κ3) is 5.60. The van der Waals surface area contributed by atoms with Gasteiger partial charge < -0.3 is 16.0 Å². The average molecular weight is 291 g/mol. The number of hydrogen-bond acceptors (Lipinski definition) is 4. The standard InChI is InChI=1S/C14H18FN5O/c15-11-4-1-5-12(10-11)20-14(21)19-9-3-8-18-13-16-6-2-7-17-13/h1,4-6,10H,2-3,7-9H2,(H,17,18)(H2,19,20,21). The Morgan fingerprint density at radius 2 is 2.24 bits per heavy atom. The van der Waals surface area contributed by atoms with Crippen LogP contribution < -0.4 is 16.0 Å². The quantitative estimate of drug-likeness (QED) is 0.723. The van der Waals surface area contributed by atoms with Crippen molar-refractivity contribution in [1.29, 1.82) is 0 Å². The highest BCUT2D eigenvalue weighted by Gasteiger charge is 2.02. The van der Waals surface area contributed by atoms with Gasteiger partial charge >= 0.3 is 6.03 Å². The van der Waals surface area contributed by atoms with Crippen LogP contribution in [0.25, 0.3) is 0 Å². The minimum absolute atomic E-state index is 0.353. The van der Waals surface area contributed by atoms with Gasteiger partial charge in [0.2, 0.25) is 5.96 Å². The third-order valence-electron chi connectivity index (χ3n) is 2.74. The predicted octanol–water partition coefficient (Wildman–Crippen LogP) is 1.76. The van der Waals surface area contributed by atoms with Crippen LogP contribution in [0.3, 0.4) is 0 Å². The Balaban J connectivity index is 1.59. The SMILES string of the molecule is O=C(NCCCNC1=NCCC=N1)Nc1cccc(F)c1. The van der Waals surface area contributed by atoms with E-state index < -0.39 is 0 Å². The molecular formula is C14H18FN5O. The van der Waals surface area contributed by atoms with E-state index in [2.05, 4.69) is 25.9 Å². The number of halogens is 1. The van der Waals surface area contributed by atoms with Crippen LogP contribution in [0.5, 0.6) is 0 Å². The zero-order valence-electron chi connectivity index (χ0n) is 11.6. The Hall–Kier alpha value is -2.44. The summed E-state index contributed by atoms with van der Waals surface area (Å²) in [6.07, 6.45) is 3.46. The van der Waals surface area contributed by atoms with Gasteiger partial charge in [-0.1, -0.05) is 6.07 Å². The smallest absolute Gasteiger partial charge is 0.319 e. The second kappa shape index (κ2) is 7.98. The molecule has 1 aromatic rings. The zero-order valence-corrected chi connectivity index (χ0v) is 11.6. The molecule has 6 nitrogen and oxygen atoms in total. The van der Waals surface area contributed by atoms with Gasteiger partial charge in [-0.3, -0.25) is 4.99 Å². The van der Waals surface area contributed by atoms with Gasteiger partial charge in [0.25, 0.3) is 0 Å². The first-order valence-electron chi connectivity index (χ1n) is 6.85. The van der Waals surface area contributed by atoms with Gasteiger partial charge in [0, 0.05) is 38.0 Å². The number of nitrogens with zero attached hydrogens (tertiary/aromatic N) is 2. The molecule has 0 bridgehead atoms. The van der Waals surface area contributed by atoms with E-state index in [1.54, 1.807) is 12.1 Å². The van der Waals surface area contributed by atoms with E-state index in [0.717, 1.165) is 19.4 Å². The van der Waals surface area contributed by atoms with Gasteiger partial charge in [-0.15, -0.1) is 0 Å². The first kappa shape index (κ1) is 15.0. The zero-order chi connectivity index (χ0) is 14.9. The molecule has 21 heavy (non-hydrogen) atoms. The number of benzene rings is 1. The third-order valence-corrected chi connectivity index (χ3v) is 2.74. The Bertz CT molecular complexity index is 544. The molecule has 2 rings (SSSR count). The molecule has 2 amide bonds. The summed E-state index contributed by atoms with van der Waals surface area (Å²) in [7, 11) is 0. The number of carbonyl (C=O) groups excluding carboxylic acids is 1. The summed E-state index contributed by atoms with van der Waals surface area (Å²) in [6, 6.07) is 5.41. The monoisotopic (exact) mass is 291 g/mol. The Labute approximate surface area is 122 Å². The molecule has 1 heterocycles. The lowest BCUT2D eigenvalue weighted by Gasteiger charge is -2.09. The molecule has 1 aromatic carbocycles. The van der Waals surface area contributed by atoms with Crippen molar-refractivity contribution in [1.82, 2.24) is 10.6 Å². The second-order valence-electron chi connectivity index (χ2n) is 4.48. The van der Waals surface area contributed by atoms with Crippen molar-refractivity contribution < 1.29 is 9.18 Å². The molecule has 112 valence electrons. The average Bonchev–Trinajstić information content (AvgIpc) is 2.48. The van der Waals surface area contributed by atoms with Crippen LogP contribution in [0.1, 0.15) is 12.8 Å². The Morgan fingerprint density at radius 1 is 1.33 bits per heavy atom. The summed E-state index contributed by atoms with van der Waals surface area (Å²) >= 11 is 0. The topological polar surface area (TPSA) is 77.9 Å². The van der Waals surface area contributed by atoms with E-state index in [1.807, 2.05) is 6.21 Å². The predicted molar refractivity (Wildman–Crippen MR) is 81.5 cm³/mol. The highest BCUT2D eigenvalue weighted by molar-refractivity contribution is 5.89. The molecule has 0 fully saturated rings. The molecule has 1 aliphatic rings. The highest BCUT2D eigenvalue weighted by atomic mass is 19.1. The fourth-order valence-corrected chi connectivity index (χ4v) is 1.75. The lowest BCUT2D eigenvalue weighted by atomic mass is 10.3. The molecule has 0 aliphatic carbocycles. The Kier molecular flexibility index (Phi) is 5.69. The summed E-state index contributed by atoms with van der Waals surface area (Å²) in [6.45, 7) is 1.95. The van der Waals surface area contributed by atoms with Crippen LogP contribution in [-0.2, 0) is 0 Å². The number of rotatable bonds is 5. The van der Waals surface area contributed by atoms with Crippen molar-refractivity contribution in [2.45, 2.75) is 12.8 Å². The number of amides is 2. The van der Waals surface area contributed by atoms with Gasteiger partial charge in [-0.25, -0.2) is 14.2 Å². The minimum atomic E-state index is -0.384. The number of guanidine groups is 1. The van der Waals surface area contributed by atoms with E-state index in [9.17, 15) is 9.18 Å². The molecule has 7 heteroatoms. The maximum Gasteiger partial charge on any atom is 0.319 e. The van der Waals surface area contributed by atoms with Gasteiger partial charge in [0.1, 0.15) is 5.82 Å². The molecular weight excluding hydrogens is 273 g/mol. The summed E-state index contributed by atoms with van der Waals surface area (Å²) in [5, 5.41) is 8.35. The number of anilines is 1. The van der Waals surface area contributed by atoms with Crippen LogP contribution in [0, 0.1) is 5.82 Å². The summed E-state index contributed by atoms with van der Waals surface area (Å²) < 4.78 is 12.9. The first-order chi connectivity index (χ1) is 10.2. The van der Waals surface area contributed by atoms with Gasteiger partial charge in [0.15, 0.2) is 0 Å². The largest absolute Gasteiger partial charge is 0.354 e. The summed E-state index contributed by atoms with van der Waals surface area (Å²) in [4.78, 5) is 19.9. The normalized spacial score (nSPS) is 13.5. The van der Waals surface area contributed by atoms with E-state index in [0.29, 0.717) is 24.7 Å². The van der Waals surface area contributed by atoms with Crippen LogP contribution >= 0.6 is 0 Å². The number of hydrogen-bond donors (Lipinski definition) is 3. The van der Waals surface area contributed by atoms with Gasteiger partial charge in [-0.05, 0) is 24.6 Å². The fourth-order valence-electron chi connectivity index (χ4n) is 1.75. The molecule has 0 aromatic heterocycles. The van der Waals surface area contributed by atoms with Crippen LogP contribution in [0.2, 0.25) is 0 Å². The van der Waals surface area contributed by atoms with E-state index in [4.69, 9.17) is 0 Å². The summed E-state index contributed by atoms with van der Waals surface area (Å²) in [5.74, 6) is 0.260. The van der Waals surface area contributed by atoms with Crippen LogP contribution in [0.4, 0.5) is 14.9 Å². The van der Waals surface area contributed by atoms with Crippen molar-refractivity contribution in [3.63, 3.8) is 0 Å². The molecule has 0 saturated heterocycles. The lowest BCUT2D eigenvalue weighted by molar-refractivity contribution is 0.252. The van der Waals surface area contributed by atoms with E-state index in [1.165, 1.54) is 12.1 Å². The minimum Gasteiger partial charge on any atom is -0.354 e. The highest BCUT2D eigenvalue weighted by Crippen LogP contribution is 2.08. The summed E-state index contributed by atoms with van der Waals surface area (Å²) in [5.41, 5.74) is 0.427. The lowest BCUT2D eigenvalue weighted by Crippen LogP contribution is -2.32. The molecule has 1 aliphatic heterocycles. The van der Waals surface area contributed by atoms with E-state index in [-0.39, 0.29) is 11.8 Å². The molecule has 0 radical (unpaired) electrons. The van der Waals surface area contributed by atoms with Crippen molar-refractivity contribution >= 4 is 23.9 Å². The first-order valence-corrected chi connectivity index (χ1v) is 6.85. The van der Waals surface area contributed by atoms with Crippen LogP contribution in [-0.4, -0.2) is 37.8 Å². The maximum atomic E-state index is 12.9. The molecule has 0 spiro atoms. The molecule has 0 saturated carbocycles. The van der Waals surface area contributed by atoms with Crippen molar-refractivity contribution in [2.24, 2.45) is 9.98 Å². The Morgan fingerprint density at radius 3 is 3.00 bits per heavy atom. The maximum absolute atomic E-state index is 12.9. The van der Waals surface area contributed by atoms with E-state index >= 15 is 0 Å². The number of nitrogens with one attached hydrogen (secondary N) is 3. The van der Waals surface area contributed by atoms with Gasteiger partial charge in [0.05, 0.1) is 0 Å². The van der Waals surface area contributed by atoms with Gasteiger partial charge in [-0.2, -0.15) is 0 Å². The second-order valence-corrected chi connectivity index (χ2v) is 4.48. The number of urea groups is 1. The fraction of sp³-hybridized carbons (Fsp3) is 0.357. The molecule has 0 unspecified atom stereocenters. The van der Waals surface area contributed by atoms with Crippen molar-refractivity contribution in [3.8, 4) is 0 Å². The number of aliphatic imine (C=N–C) groups is 2.